The summed E-state index contributed by atoms with van der Waals surface area (Å²) < 4.78 is 5.45. The Bertz CT molecular complexity index is 955. The molecule has 4 rings (SSSR count). The van der Waals surface area contributed by atoms with Gasteiger partial charge in [0.05, 0.1) is 6.61 Å². The van der Waals surface area contributed by atoms with Gasteiger partial charge in [0.15, 0.2) is 0 Å². The van der Waals surface area contributed by atoms with Gasteiger partial charge in [-0.2, -0.15) is 0 Å². The first-order chi connectivity index (χ1) is 14.4. The molecule has 0 heterocycles. The second-order valence-corrected chi connectivity index (χ2v) is 7.58. The van der Waals surface area contributed by atoms with Crippen LogP contribution < -0.4 is 10.6 Å². The Hall–Kier alpha value is -3.39. The Labute approximate surface area is 172 Å². The number of alkyl carbamates (subject to hydrolysis) is 1. The van der Waals surface area contributed by atoms with Crippen LogP contribution in [0.3, 0.4) is 0 Å². The van der Waals surface area contributed by atoms with Crippen molar-refractivity contribution < 1.29 is 29.3 Å². The smallest absolute Gasteiger partial charge is 0.408 e. The van der Waals surface area contributed by atoms with Gasteiger partial charge in [-0.3, -0.25) is 4.79 Å². The van der Waals surface area contributed by atoms with E-state index in [9.17, 15) is 14.4 Å². The standard InChI is InChI=1S/C22H22N2O6/c25-11-18(19(26)27)23-20(28)22(9-10-22)24-21(29)30-12-17-15-7-3-1-5-13(15)14-6-2-4-8-16(14)17/h1-8,17-18,25H,9-12H2,(H,23,28)(H,24,29)(H,26,27). The van der Waals surface area contributed by atoms with E-state index in [1.54, 1.807) is 0 Å². The van der Waals surface area contributed by atoms with Crippen LogP contribution in [0.25, 0.3) is 11.1 Å². The van der Waals surface area contributed by atoms with E-state index in [4.69, 9.17) is 14.9 Å². The molecular formula is C22H22N2O6. The Morgan fingerprint density at radius 2 is 1.60 bits per heavy atom. The molecule has 2 amide bonds. The van der Waals surface area contributed by atoms with Crippen molar-refractivity contribution in [3.63, 3.8) is 0 Å². The molecule has 1 fully saturated rings. The van der Waals surface area contributed by atoms with E-state index in [1.165, 1.54) is 0 Å². The molecule has 0 spiro atoms. The van der Waals surface area contributed by atoms with Crippen molar-refractivity contribution in [1.29, 1.82) is 0 Å². The molecular weight excluding hydrogens is 388 g/mol. The van der Waals surface area contributed by atoms with Crippen molar-refractivity contribution in [2.24, 2.45) is 0 Å². The van der Waals surface area contributed by atoms with E-state index in [-0.39, 0.29) is 12.5 Å². The van der Waals surface area contributed by atoms with Gasteiger partial charge in [-0.05, 0) is 35.1 Å². The van der Waals surface area contributed by atoms with Crippen LogP contribution in [0.4, 0.5) is 4.79 Å². The summed E-state index contributed by atoms with van der Waals surface area (Å²) >= 11 is 0. The number of aliphatic hydroxyl groups is 1. The number of aliphatic hydroxyl groups excluding tert-OH is 1. The van der Waals surface area contributed by atoms with Crippen molar-refractivity contribution >= 4 is 18.0 Å². The van der Waals surface area contributed by atoms with Gasteiger partial charge in [-0.25, -0.2) is 9.59 Å². The molecule has 8 nitrogen and oxygen atoms in total. The van der Waals surface area contributed by atoms with Crippen LogP contribution in [0, 0.1) is 0 Å². The van der Waals surface area contributed by atoms with Gasteiger partial charge in [0.1, 0.15) is 18.2 Å². The maximum atomic E-state index is 12.4. The molecule has 2 aromatic carbocycles. The van der Waals surface area contributed by atoms with Crippen LogP contribution in [-0.2, 0) is 14.3 Å². The molecule has 0 aliphatic heterocycles. The van der Waals surface area contributed by atoms with Crippen LogP contribution in [0.5, 0.6) is 0 Å². The van der Waals surface area contributed by atoms with E-state index in [2.05, 4.69) is 10.6 Å². The van der Waals surface area contributed by atoms with Gasteiger partial charge in [0, 0.05) is 5.92 Å². The maximum Gasteiger partial charge on any atom is 0.408 e. The zero-order valence-corrected chi connectivity index (χ0v) is 16.1. The molecule has 30 heavy (non-hydrogen) atoms. The SMILES string of the molecule is O=C(NC1(C(=O)NC(CO)C(=O)O)CC1)OCC1c2ccccc2-c2ccccc21. The number of hydrogen-bond donors (Lipinski definition) is 4. The molecule has 1 atom stereocenters. The summed E-state index contributed by atoms with van der Waals surface area (Å²) in [6.07, 6.45) is 0.0158. The van der Waals surface area contributed by atoms with Gasteiger partial charge in [0.25, 0.3) is 0 Å². The predicted octanol–water partition coefficient (Wildman–Crippen LogP) is 1.62. The van der Waals surface area contributed by atoms with E-state index in [0.717, 1.165) is 22.3 Å². The van der Waals surface area contributed by atoms with Crippen molar-refractivity contribution in [1.82, 2.24) is 10.6 Å². The number of hydrogen-bond acceptors (Lipinski definition) is 5. The van der Waals surface area contributed by atoms with Crippen molar-refractivity contribution in [3.05, 3.63) is 59.7 Å². The molecule has 4 N–H and O–H groups in total. The number of fused-ring (bicyclic) bond motifs is 3. The fourth-order valence-corrected chi connectivity index (χ4v) is 3.85. The number of rotatable bonds is 7. The van der Waals surface area contributed by atoms with Gasteiger partial charge in [-0.1, -0.05) is 48.5 Å². The normalized spacial score (nSPS) is 16.7. The third kappa shape index (κ3) is 3.61. The van der Waals surface area contributed by atoms with Crippen LogP contribution >= 0.6 is 0 Å². The molecule has 0 bridgehead atoms. The zero-order valence-electron chi connectivity index (χ0n) is 16.1. The van der Waals surface area contributed by atoms with Crippen LogP contribution in [0.2, 0.25) is 0 Å². The summed E-state index contributed by atoms with van der Waals surface area (Å²) in [7, 11) is 0. The highest BCUT2D eigenvalue weighted by molar-refractivity contribution is 5.95. The van der Waals surface area contributed by atoms with Crippen molar-refractivity contribution in [3.8, 4) is 11.1 Å². The van der Waals surface area contributed by atoms with Crippen molar-refractivity contribution in [2.75, 3.05) is 13.2 Å². The number of carbonyl (C=O) groups is 3. The van der Waals surface area contributed by atoms with Crippen LogP contribution in [-0.4, -0.2) is 53.0 Å². The van der Waals surface area contributed by atoms with Gasteiger partial charge in [-0.15, -0.1) is 0 Å². The minimum atomic E-state index is -1.42. The predicted molar refractivity (Wildman–Crippen MR) is 107 cm³/mol. The molecule has 156 valence electrons. The van der Waals surface area contributed by atoms with E-state index in [1.807, 2.05) is 48.5 Å². The van der Waals surface area contributed by atoms with E-state index < -0.39 is 36.2 Å². The second-order valence-electron chi connectivity index (χ2n) is 7.58. The van der Waals surface area contributed by atoms with Crippen LogP contribution in [0.15, 0.2) is 48.5 Å². The van der Waals surface area contributed by atoms with E-state index in [0.29, 0.717) is 12.8 Å². The third-order valence-corrected chi connectivity index (χ3v) is 5.66. The molecule has 0 radical (unpaired) electrons. The number of aliphatic carboxylic acids is 1. The molecule has 2 aliphatic rings. The first-order valence-electron chi connectivity index (χ1n) is 9.73. The van der Waals surface area contributed by atoms with Gasteiger partial charge in [0.2, 0.25) is 5.91 Å². The molecule has 1 saturated carbocycles. The Kier molecular flexibility index (Phi) is 5.17. The first-order valence-corrected chi connectivity index (χ1v) is 9.73. The number of nitrogens with one attached hydrogen (secondary N) is 2. The Morgan fingerprint density at radius 1 is 1.03 bits per heavy atom. The molecule has 2 aromatic rings. The number of carboxylic acid groups (broad SMARTS) is 1. The average molecular weight is 410 g/mol. The molecule has 1 unspecified atom stereocenters. The van der Waals surface area contributed by atoms with Crippen molar-refractivity contribution in [2.45, 2.75) is 30.3 Å². The lowest BCUT2D eigenvalue weighted by Gasteiger charge is -2.20. The monoisotopic (exact) mass is 410 g/mol. The maximum absolute atomic E-state index is 12.4. The third-order valence-electron chi connectivity index (χ3n) is 5.66. The fraction of sp³-hybridized carbons (Fsp3) is 0.318. The highest BCUT2D eigenvalue weighted by Crippen LogP contribution is 2.44. The number of carbonyl (C=O) groups excluding carboxylic acids is 2. The minimum absolute atomic E-state index is 0.0992. The number of benzene rings is 2. The van der Waals surface area contributed by atoms with Gasteiger partial charge < -0.3 is 25.6 Å². The molecule has 2 aliphatic carbocycles. The van der Waals surface area contributed by atoms with Gasteiger partial charge >= 0.3 is 12.1 Å². The second kappa shape index (κ2) is 7.79. The zero-order chi connectivity index (χ0) is 21.3. The minimum Gasteiger partial charge on any atom is -0.480 e. The first kappa shape index (κ1) is 19.9. The number of amides is 2. The summed E-state index contributed by atoms with van der Waals surface area (Å²) in [5.41, 5.74) is 3.20. The highest BCUT2D eigenvalue weighted by Gasteiger charge is 2.52. The average Bonchev–Trinajstić information content (AvgIpc) is 3.46. The molecule has 0 aromatic heterocycles. The highest BCUT2D eigenvalue weighted by atomic mass is 16.5. The summed E-state index contributed by atoms with van der Waals surface area (Å²) in [5, 5.41) is 22.8. The fourth-order valence-electron chi connectivity index (χ4n) is 3.85. The summed E-state index contributed by atoms with van der Waals surface area (Å²) in [5.74, 6) is -2.09. The Morgan fingerprint density at radius 3 is 2.10 bits per heavy atom. The lowest BCUT2D eigenvalue weighted by atomic mass is 9.98. The Balaban J connectivity index is 1.40. The number of carboxylic acids is 1. The molecule has 0 saturated heterocycles. The molecule has 8 heteroatoms. The summed E-state index contributed by atoms with van der Waals surface area (Å²) in [4.78, 5) is 35.8. The number of ether oxygens (including phenoxy) is 1. The van der Waals surface area contributed by atoms with Crippen LogP contribution in [0.1, 0.15) is 29.9 Å². The van der Waals surface area contributed by atoms with E-state index >= 15 is 0 Å². The quantitative estimate of drug-likeness (QED) is 0.550. The topological polar surface area (TPSA) is 125 Å². The largest absolute Gasteiger partial charge is 0.480 e. The lowest BCUT2D eigenvalue weighted by molar-refractivity contribution is -0.143. The lowest BCUT2D eigenvalue weighted by Crippen LogP contribution is -2.54. The summed E-state index contributed by atoms with van der Waals surface area (Å²) in [6, 6.07) is 14.5. The summed E-state index contributed by atoms with van der Waals surface area (Å²) in [6.45, 7) is -0.617.